The van der Waals surface area contributed by atoms with Crippen LogP contribution in [-0.4, -0.2) is 50.2 Å². The highest BCUT2D eigenvalue weighted by molar-refractivity contribution is 5.51. The van der Waals surface area contributed by atoms with Gasteiger partial charge in [0.05, 0.1) is 14.2 Å². The van der Waals surface area contributed by atoms with Crippen molar-refractivity contribution < 1.29 is 9.47 Å². The van der Waals surface area contributed by atoms with Crippen molar-refractivity contribution in [3.8, 4) is 11.5 Å². The van der Waals surface area contributed by atoms with Gasteiger partial charge < -0.3 is 14.4 Å². The Morgan fingerprint density at radius 3 is 2.43 bits per heavy atom. The fourth-order valence-corrected chi connectivity index (χ4v) is 4.84. The summed E-state index contributed by atoms with van der Waals surface area (Å²) in [6.45, 7) is 1.87. The predicted molar refractivity (Wildman–Crippen MR) is 113 cm³/mol. The number of ether oxygens (including phenoxy) is 2. The molecule has 4 rings (SSSR count). The summed E-state index contributed by atoms with van der Waals surface area (Å²) in [4.78, 5) is 4.99. The maximum atomic E-state index is 5.61. The summed E-state index contributed by atoms with van der Waals surface area (Å²) >= 11 is 0. The molecular formula is C24H30N2O2. The number of benzene rings is 2. The van der Waals surface area contributed by atoms with E-state index in [9.17, 15) is 0 Å². The highest BCUT2D eigenvalue weighted by Crippen LogP contribution is 2.45. The van der Waals surface area contributed by atoms with Crippen LogP contribution in [0.2, 0.25) is 0 Å². The van der Waals surface area contributed by atoms with Gasteiger partial charge in [0.15, 0.2) is 11.5 Å². The quantitative estimate of drug-likeness (QED) is 0.733. The zero-order valence-electron chi connectivity index (χ0n) is 17.3. The molecule has 0 saturated carbocycles. The lowest BCUT2D eigenvalue weighted by molar-refractivity contribution is 0.0762. The normalized spacial score (nSPS) is 24.0. The molecule has 0 radical (unpaired) electrons. The molecule has 0 aromatic heterocycles. The van der Waals surface area contributed by atoms with E-state index in [2.05, 4.69) is 78.5 Å². The van der Waals surface area contributed by atoms with Crippen LogP contribution in [0.5, 0.6) is 11.5 Å². The van der Waals surface area contributed by atoms with E-state index in [1.807, 2.05) is 0 Å². The van der Waals surface area contributed by atoms with Crippen LogP contribution < -0.4 is 9.47 Å². The minimum Gasteiger partial charge on any atom is -0.493 e. The van der Waals surface area contributed by atoms with Gasteiger partial charge in [-0.05, 0) is 49.3 Å². The Labute approximate surface area is 168 Å². The van der Waals surface area contributed by atoms with Crippen molar-refractivity contribution in [2.24, 2.45) is 0 Å². The van der Waals surface area contributed by atoms with Gasteiger partial charge in [0.25, 0.3) is 0 Å². The molecular weight excluding hydrogens is 348 g/mol. The van der Waals surface area contributed by atoms with Gasteiger partial charge in [0, 0.05) is 31.1 Å². The molecule has 0 fully saturated rings. The average Bonchev–Trinajstić information content (AvgIpc) is 2.73. The minimum atomic E-state index is 0.392. The van der Waals surface area contributed by atoms with Crippen molar-refractivity contribution in [3.63, 3.8) is 0 Å². The highest BCUT2D eigenvalue weighted by atomic mass is 16.5. The molecule has 148 valence electrons. The van der Waals surface area contributed by atoms with Crippen LogP contribution in [0.3, 0.4) is 0 Å². The van der Waals surface area contributed by atoms with Gasteiger partial charge >= 0.3 is 0 Å². The van der Waals surface area contributed by atoms with Gasteiger partial charge in [0.1, 0.15) is 0 Å². The van der Waals surface area contributed by atoms with Gasteiger partial charge in [0.2, 0.25) is 0 Å². The fourth-order valence-electron chi connectivity index (χ4n) is 4.84. The molecule has 0 saturated heterocycles. The van der Waals surface area contributed by atoms with E-state index in [-0.39, 0.29) is 0 Å². The predicted octanol–water partition coefficient (Wildman–Crippen LogP) is 4.06. The smallest absolute Gasteiger partial charge is 0.161 e. The zero-order valence-corrected chi connectivity index (χ0v) is 17.3. The lowest BCUT2D eigenvalue weighted by Gasteiger charge is -2.49. The Morgan fingerprint density at radius 1 is 1.04 bits per heavy atom. The van der Waals surface area contributed by atoms with E-state index >= 15 is 0 Å². The van der Waals surface area contributed by atoms with Gasteiger partial charge in [-0.15, -0.1) is 0 Å². The largest absolute Gasteiger partial charge is 0.493 e. The van der Waals surface area contributed by atoms with Crippen LogP contribution in [0, 0.1) is 0 Å². The third-order valence-electron chi connectivity index (χ3n) is 6.15. The van der Waals surface area contributed by atoms with Gasteiger partial charge in [-0.2, -0.15) is 0 Å². The molecule has 1 unspecified atom stereocenters. The molecule has 1 aliphatic carbocycles. The van der Waals surface area contributed by atoms with Crippen LogP contribution in [0.1, 0.15) is 29.0 Å². The Bertz CT molecular complexity index is 847. The maximum Gasteiger partial charge on any atom is 0.161 e. The second kappa shape index (κ2) is 7.98. The zero-order chi connectivity index (χ0) is 19.7. The van der Waals surface area contributed by atoms with Crippen molar-refractivity contribution in [1.82, 2.24) is 9.80 Å². The van der Waals surface area contributed by atoms with E-state index in [4.69, 9.17) is 9.47 Å². The van der Waals surface area contributed by atoms with E-state index in [1.54, 1.807) is 14.2 Å². The maximum absolute atomic E-state index is 5.61. The van der Waals surface area contributed by atoms with E-state index in [1.165, 1.54) is 16.7 Å². The molecule has 3 atom stereocenters. The number of hydrogen-bond acceptors (Lipinski definition) is 4. The van der Waals surface area contributed by atoms with Gasteiger partial charge in [-0.1, -0.05) is 42.5 Å². The molecule has 1 heterocycles. The summed E-state index contributed by atoms with van der Waals surface area (Å²) < 4.78 is 11.2. The van der Waals surface area contributed by atoms with Gasteiger partial charge in [-0.25, -0.2) is 0 Å². The van der Waals surface area contributed by atoms with Crippen molar-refractivity contribution in [3.05, 3.63) is 71.3 Å². The molecule has 2 aromatic carbocycles. The molecule has 28 heavy (non-hydrogen) atoms. The molecule has 0 amide bonds. The number of likely N-dealkylation sites (N-methyl/N-ethyl adjacent to an activating group) is 1. The lowest BCUT2D eigenvalue weighted by Crippen LogP contribution is -2.54. The third-order valence-corrected chi connectivity index (χ3v) is 6.15. The summed E-state index contributed by atoms with van der Waals surface area (Å²) in [5, 5.41) is 0. The second-order valence-electron chi connectivity index (χ2n) is 8.01. The summed E-state index contributed by atoms with van der Waals surface area (Å²) in [5.41, 5.74) is 4.11. The summed E-state index contributed by atoms with van der Waals surface area (Å²) in [5.74, 6) is 2.09. The molecule has 0 bridgehead atoms. The number of hydrogen-bond donors (Lipinski definition) is 0. The molecule has 4 nitrogen and oxygen atoms in total. The Morgan fingerprint density at radius 2 is 1.75 bits per heavy atom. The Balaban J connectivity index is 1.78. The van der Waals surface area contributed by atoms with E-state index in [0.717, 1.165) is 31.0 Å². The second-order valence-corrected chi connectivity index (χ2v) is 8.01. The summed E-state index contributed by atoms with van der Waals surface area (Å²) in [6, 6.07) is 16.0. The highest BCUT2D eigenvalue weighted by Gasteiger charge is 2.41. The first kappa shape index (κ1) is 19.0. The molecule has 2 aliphatic rings. The molecule has 0 spiro atoms. The van der Waals surface area contributed by atoms with Crippen LogP contribution in [-0.2, 0) is 13.1 Å². The minimum absolute atomic E-state index is 0.392. The number of methoxy groups -OCH3 is 2. The molecule has 2 aromatic rings. The Kier molecular flexibility index (Phi) is 5.42. The van der Waals surface area contributed by atoms with Crippen molar-refractivity contribution in [2.45, 2.75) is 37.5 Å². The lowest BCUT2D eigenvalue weighted by atomic mass is 9.74. The fraction of sp³-hybridized carbons (Fsp3) is 0.417. The van der Waals surface area contributed by atoms with Crippen molar-refractivity contribution in [1.29, 1.82) is 0 Å². The standard InChI is InChI=1S/C24H30N2O2/c1-25(2)21-12-8-11-19-20-14-23(28-4)22(27-3)13-18(20)16-26(24(19)21)15-17-9-6-5-7-10-17/h5-10,12-14,19,21,24H,11,15-16H2,1-4H3/t19-,21-,24?/m0/s1. The first-order valence-corrected chi connectivity index (χ1v) is 9.98. The SMILES string of the molecule is COc1cc2c(cc1OC)[C@@H]1CC=C[C@H](N(C)C)C1N(Cc1ccccc1)C2. The number of allylic oxidation sites excluding steroid dienone is 1. The Hall–Kier alpha value is -2.30. The van der Waals surface area contributed by atoms with Gasteiger partial charge in [-0.3, -0.25) is 4.90 Å². The summed E-state index contributed by atoms with van der Waals surface area (Å²) in [6.07, 6.45) is 5.78. The summed E-state index contributed by atoms with van der Waals surface area (Å²) in [7, 11) is 7.79. The number of nitrogens with zero attached hydrogens (tertiary/aromatic N) is 2. The van der Waals surface area contributed by atoms with Crippen LogP contribution >= 0.6 is 0 Å². The number of fused-ring (bicyclic) bond motifs is 3. The van der Waals surface area contributed by atoms with Crippen molar-refractivity contribution in [2.75, 3.05) is 28.3 Å². The van der Waals surface area contributed by atoms with Crippen molar-refractivity contribution >= 4 is 0 Å². The van der Waals surface area contributed by atoms with E-state index in [0.29, 0.717) is 18.0 Å². The molecule has 4 heteroatoms. The molecule has 1 aliphatic heterocycles. The third kappa shape index (κ3) is 3.43. The van der Waals surface area contributed by atoms with Crippen LogP contribution in [0.25, 0.3) is 0 Å². The van der Waals surface area contributed by atoms with Crippen LogP contribution in [0.4, 0.5) is 0 Å². The topological polar surface area (TPSA) is 24.9 Å². The first-order valence-electron chi connectivity index (χ1n) is 9.98. The molecule has 0 N–H and O–H groups in total. The number of rotatable bonds is 5. The average molecular weight is 379 g/mol. The van der Waals surface area contributed by atoms with Crippen LogP contribution in [0.15, 0.2) is 54.6 Å². The van der Waals surface area contributed by atoms with E-state index < -0.39 is 0 Å². The monoisotopic (exact) mass is 378 g/mol. The first-order chi connectivity index (χ1) is 13.6.